The van der Waals surface area contributed by atoms with Crippen molar-refractivity contribution in [3.63, 3.8) is 0 Å². The van der Waals surface area contributed by atoms with Gasteiger partial charge in [0, 0.05) is 0 Å². The zero-order valence-electron chi connectivity index (χ0n) is 7.02. The van der Waals surface area contributed by atoms with Crippen molar-refractivity contribution in [2.75, 3.05) is 0 Å². The van der Waals surface area contributed by atoms with Gasteiger partial charge in [0.2, 0.25) is 6.33 Å². The van der Waals surface area contributed by atoms with Gasteiger partial charge < -0.3 is 0 Å². The second-order valence-electron chi connectivity index (χ2n) is 2.38. The third-order valence-electron chi connectivity index (χ3n) is 1.43. The summed E-state index contributed by atoms with van der Waals surface area (Å²) in [7, 11) is 0. The minimum Gasteiger partial charge on any atom is -0.233 e. The van der Waals surface area contributed by atoms with Crippen LogP contribution in [0.4, 0.5) is 0 Å². The van der Waals surface area contributed by atoms with Crippen molar-refractivity contribution < 1.29 is 4.57 Å². The highest BCUT2D eigenvalue weighted by Gasteiger charge is 1.97. The molecule has 0 saturated heterocycles. The zero-order valence-corrected chi connectivity index (χ0v) is 8.73. The van der Waals surface area contributed by atoms with Crippen LogP contribution >= 0.6 is 17.0 Å². The highest BCUT2D eigenvalue weighted by Crippen LogP contribution is 1.84. The first kappa shape index (κ1) is 11.2. The van der Waals surface area contributed by atoms with Crippen LogP contribution in [0.25, 0.3) is 0 Å². The van der Waals surface area contributed by atoms with Crippen LogP contribution in [0.1, 0.15) is 0 Å². The molecule has 0 aliphatic carbocycles. The summed E-state index contributed by atoms with van der Waals surface area (Å²) in [6.45, 7) is 9.05. The van der Waals surface area contributed by atoms with Crippen LogP contribution in [-0.2, 0) is 13.1 Å². The maximum absolute atomic E-state index is 3.66. The SMILES string of the molecule is Br.C=CCn1cc[n+](CC=C)c1. The summed E-state index contributed by atoms with van der Waals surface area (Å²) in [6, 6.07) is 0. The Kier molecular flexibility index (Phi) is 5.37. The van der Waals surface area contributed by atoms with Crippen molar-refractivity contribution in [2.45, 2.75) is 13.1 Å². The minimum atomic E-state index is 0. The van der Waals surface area contributed by atoms with E-state index in [4.69, 9.17) is 0 Å². The van der Waals surface area contributed by atoms with E-state index in [9.17, 15) is 0 Å². The molecule has 0 aromatic carbocycles. The molecular formula is C9H14BrN2+. The first-order valence-corrected chi connectivity index (χ1v) is 3.63. The first-order valence-electron chi connectivity index (χ1n) is 3.63. The van der Waals surface area contributed by atoms with E-state index in [1.807, 2.05) is 30.9 Å². The molecular weight excluding hydrogens is 216 g/mol. The van der Waals surface area contributed by atoms with Crippen molar-refractivity contribution in [1.29, 1.82) is 0 Å². The Hall–Kier alpha value is -0.830. The second kappa shape index (κ2) is 5.77. The molecule has 0 fully saturated rings. The smallest absolute Gasteiger partial charge is 0.233 e. The van der Waals surface area contributed by atoms with Crippen molar-refractivity contribution in [3.8, 4) is 0 Å². The lowest BCUT2D eigenvalue weighted by molar-refractivity contribution is -0.686. The average Bonchev–Trinajstić information content (AvgIpc) is 2.38. The molecule has 1 rings (SSSR count). The Morgan fingerprint density at radius 3 is 2.67 bits per heavy atom. The van der Waals surface area contributed by atoms with Crippen molar-refractivity contribution in [3.05, 3.63) is 44.0 Å². The number of rotatable bonds is 4. The van der Waals surface area contributed by atoms with Crippen LogP contribution in [0.15, 0.2) is 44.0 Å². The normalized spacial score (nSPS) is 8.67. The monoisotopic (exact) mass is 229 g/mol. The molecule has 1 heterocycles. The van der Waals surface area contributed by atoms with E-state index in [0.717, 1.165) is 13.1 Å². The van der Waals surface area contributed by atoms with E-state index in [2.05, 4.69) is 22.3 Å². The quantitative estimate of drug-likeness (QED) is 0.550. The van der Waals surface area contributed by atoms with Crippen LogP contribution in [0.5, 0.6) is 0 Å². The van der Waals surface area contributed by atoms with E-state index in [1.54, 1.807) is 0 Å². The van der Waals surface area contributed by atoms with Crippen LogP contribution in [-0.4, -0.2) is 4.57 Å². The fraction of sp³-hybridized carbons (Fsp3) is 0.222. The van der Waals surface area contributed by atoms with E-state index < -0.39 is 0 Å². The molecule has 0 radical (unpaired) electrons. The number of imidazole rings is 1. The molecule has 0 saturated carbocycles. The molecule has 0 N–H and O–H groups in total. The fourth-order valence-electron chi connectivity index (χ4n) is 0.953. The van der Waals surface area contributed by atoms with Crippen LogP contribution in [0.2, 0.25) is 0 Å². The van der Waals surface area contributed by atoms with E-state index >= 15 is 0 Å². The second-order valence-corrected chi connectivity index (χ2v) is 2.38. The van der Waals surface area contributed by atoms with Crippen LogP contribution in [0.3, 0.4) is 0 Å². The van der Waals surface area contributed by atoms with Gasteiger partial charge in [0.15, 0.2) is 0 Å². The van der Waals surface area contributed by atoms with Gasteiger partial charge in [-0.15, -0.1) is 17.0 Å². The predicted molar refractivity (Wildman–Crippen MR) is 55.3 cm³/mol. The van der Waals surface area contributed by atoms with E-state index in [0.29, 0.717) is 0 Å². The van der Waals surface area contributed by atoms with Gasteiger partial charge in [-0.3, -0.25) is 0 Å². The molecule has 1 aromatic heterocycles. The van der Waals surface area contributed by atoms with Crippen molar-refractivity contribution >= 4 is 17.0 Å². The lowest BCUT2D eigenvalue weighted by Gasteiger charge is -1.86. The van der Waals surface area contributed by atoms with Gasteiger partial charge in [-0.1, -0.05) is 25.3 Å². The number of nitrogens with zero attached hydrogens (tertiary/aromatic N) is 2. The van der Waals surface area contributed by atoms with Crippen LogP contribution in [0, 0.1) is 0 Å². The van der Waals surface area contributed by atoms with Gasteiger partial charge in [0.1, 0.15) is 25.5 Å². The predicted octanol–water partition coefficient (Wildman–Crippen LogP) is 1.73. The van der Waals surface area contributed by atoms with Gasteiger partial charge >= 0.3 is 0 Å². The van der Waals surface area contributed by atoms with Crippen LogP contribution < -0.4 is 4.57 Å². The highest BCUT2D eigenvalue weighted by atomic mass is 79.9. The fourth-order valence-corrected chi connectivity index (χ4v) is 0.953. The molecule has 0 aliphatic heterocycles. The maximum atomic E-state index is 3.66. The third kappa shape index (κ3) is 3.05. The van der Waals surface area contributed by atoms with Gasteiger partial charge in [-0.25, -0.2) is 9.13 Å². The van der Waals surface area contributed by atoms with Gasteiger partial charge in [-0.05, 0) is 0 Å². The number of hydrogen-bond acceptors (Lipinski definition) is 0. The molecule has 66 valence electrons. The van der Waals surface area contributed by atoms with Gasteiger partial charge in [0.25, 0.3) is 0 Å². The van der Waals surface area contributed by atoms with Crippen molar-refractivity contribution in [2.24, 2.45) is 0 Å². The summed E-state index contributed by atoms with van der Waals surface area (Å²) in [5, 5.41) is 0. The molecule has 0 atom stereocenters. The summed E-state index contributed by atoms with van der Waals surface area (Å²) >= 11 is 0. The summed E-state index contributed by atoms with van der Waals surface area (Å²) in [5.41, 5.74) is 0. The molecule has 0 amide bonds. The van der Waals surface area contributed by atoms with E-state index in [-0.39, 0.29) is 17.0 Å². The Morgan fingerprint density at radius 1 is 1.33 bits per heavy atom. The topological polar surface area (TPSA) is 8.81 Å². The molecule has 0 bridgehead atoms. The Bertz CT molecular complexity index is 228. The summed E-state index contributed by atoms with van der Waals surface area (Å²) in [5.74, 6) is 0. The lowest BCUT2D eigenvalue weighted by Crippen LogP contribution is -2.29. The number of halogens is 1. The average molecular weight is 230 g/mol. The highest BCUT2D eigenvalue weighted by molar-refractivity contribution is 8.93. The van der Waals surface area contributed by atoms with Gasteiger partial charge in [0.05, 0.1) is 0 Å². The molecule has 0 aliphatic rings. The standard InChI is InChI=1S/C9H13N2.BrH/c1-3-5-10-7-8-11(9-10)6-4-2;/h3-4,7-9H,1-2,5-6H2;1H/q+1;. The van der Waals surface area contributed by atoms with Gasteiger partial charge in [-0.2, -0.15) is 0 Å². The molecule has 0 spiro atoms. The maximum Gasteiger partial charge on any atom is 0.244 e. The van der Waals surface area contributed by atoms with Crippen molar-refractivity contribution in [1.82, 2.24) is 4.57 Å². The number of allylic oxidation sites excluding steroid dienone is 2. The Morgan fingerprint density at radius 2 is 2.08 bits per heavy atom. The minimum absolute atomic E-state index is 0. The molecule has 1 aromatic rings. The lowest BCUT2D eigenvalue weighted by atomic mass is 10.6. The molecule has 0 unspecified atom stereocenters. The third-order valence-corrected chi connectivity index (χ3v) is 1.43. The summed E-state index contributed by atoms with van der Waals surface area (Å²) in [4.78, 5) is 0. The summed E-state index contributed by atoms with van der Waals surface area (Å²) < 4.78 is 4.13. The first-order chi connectivity index (χ1) is 5.36. The Balaban J connectivity index is 0.00000121. The number of hydrogen-bond donors (Lipinski definition) is 0. The largest absolute Gasteiger partial charge is 0.244 e. The number of aromatic nitrogens is 2. The molecule has 2 nitrogen and oxygen atoms in total. The molecule has 3 heteroatoms. The summed E-state index contributed by atoms with van der Waals surface area (Å²) in [6.07, 6.45) is 9.82. The molecule has 12 heavy (non-hydrogen) atoms. The Labute approximate surface area is 83.6 Å². The zero-order chi connectivity index (χ0) is 8.10. The van der Waals surface area contributed by atoms with E-state index in [1.165, 1.54) is 0 Å².